The third-order valence-corrected chi connectivity index (χ3v) is 7.41. The van der Waals surface area contributed by atoms with Gasteiger partial charge in [-0.3, -0.25) is 8.37 Å². The average molecular weight is 710 g/mol. The SMILES string of the molecule is CC(CCOS(=O)(=O)CCC(F)(F)C(F)(F)C(F)(F)C(F)(F)F)OS(=O)(=O)CCC(F)(F)C(F)(F)C(F)(F)C(F)(F)F. The molecule has 0 heterocycles. The zero-order valence-electron chi connectivity index (χ0n) is 19.9. The molecule has 1 unspecified atom stereocenters. The van der Waals surface area contributed by atoms with Crippen molar-refractivity contribution in [3.63, 3.8) is 0 Å². The standard InChI is InChI=1S/C16H16F18O6S2/c1-8(40-42(37,38)7-4-10(19,20)12(23,24)14(27,28)16(32,33)34)2-5-39-41(35,36)6-3-9(17,18)11(21,22)13(25,26)15(29,30)31/h8H,2-7H2,1H3. The van der Waals surface area contributed by atoms with Crippen molar-refractivity contribution in [3.8, 4) is 0 Å². The maximum atomic E-state index is 13.4. The summed E-state index contributed by atoms with van der Waals surface area (Å²) in [6.45, 7) is -0.738. The predicted molar refractivity (Wildman–Crippen MR) is 99.7 cm³/mol. The fraction of sp³-hybridized carbons (Fsp3) is 1.00. The Hall–Kier alpha value is -1.44. The summed E-state index contributed by atoms with van der Waals surface area (Å²) in [7, 11) is -10.9. The highest BCUT2D eigenvalue weighted by Crippen LogP contribution is 2.55. The second kappa shape index (κ2) is 12.2. The maximum Gasteiger partial charge on any atom is 0.460 e. The molecule has 0 rings (SSSR count). The van der Waals surface area contributed by atoms with Crippen LogP contribution in [0.15, 0.2) is 0 Å². The molecule has 0 aromatic carbocycles. The highest BCUT2D eigenvalue weighted by Gasteiger charge is 2.82. The molecule has 0 N–H and O–H groups in total. The van der Waals surface area contributed by atoms with Crippen molar-refractivity contribution in [1.29, 1.82) is 0 Å². The Kier molecular flexibility index (Phi) is 11.7. The monoisotopic (exact) mass is 710 g/mol. The van der Waals surface area contributed by atoms with Gasteiger partial charge in [0.05, 0.1) is 24.2 Å². The Labute approximate surface area is 223 Å². The van der Waals surface area contributed by atoms with E-state index in [2.05, 4.69) is 8.37 Å². The Morgan fingerprint density at radius 2 is 0.833 bits per heavy atom. The highest BCUT2D eigenvalue weighted by atomic mass is 32.2. The molecule has 0 saturated carbocycles. The molecule has 0 radical (unpaired) electrons. The van der Waals surface area contributed by atoms with Gasteiger partial charge in [0.2, 0.25) is 0 Å². The lowest BCUT2D eigenvalue weighted by Crippen LogP contribution is -2.61. The van der Waals surface area contributed by atoms with Gasteiger partial charge < -0.3 is 0 Å². The fourth-order valence-electron chi connectivity index (χ4n) is 2.38. The average Bonchev–Trinajstić information content (AvgIpc) is 2.74. The zero-order valence-corrected chi connectivity index (χ0v) is 21.5. The summed E-state index contributed by atoms with van der Waals surface area (Å²) in [4.78, 5) is 0. The lowest BCUT2D eigenvalue weighted by atomic mass is 10.0. The van der Waals surface area contributed by atoms with E-state index in [-0.39, 0.29) is 0 Å². The summed E-state index contributed by atoms with van der Waals surface area (Å²) < 4.78 is 284. The highest BCUT2D eigenvalue weighted by molar-refractivity contribution is 7.87. The number of hydrogen-bond donors (Lipinski definition) is 0. The van der Waals surface area contributed by atoms with Gasteiger partial charge in [0, 0.05) is 12.8 Å². The van der Waals surface area contributed by atoms with Gasteiger partial charge >= 0.3 is 47.9 Å². The van der Waals surface area contributed by atoms with E-state index in [1.165, 1.54) is 0 Å². The van der Waals surface area contributed by atoms with Crippen molar-refractivity contribution in [1.82, 2.24) is 0 Å². The van der Waals surface area contributed by atoms with Crippen molar-refractivity contribution < 1.29 is 104 Å². The van der Waals surface area contributed by atoms with Gasteiger partial charge in [-0.2, -0.15) is 95.9 Å². The van der Waals surface area contributed by atoms with E-state index in [1.807, 2.05) is 0 Å². The summed E-state index contributed by atoms with van der Waals surface area (Å²) in [6, 6.07) is 0. The lowest BCUT2D eigenvalue weighted by Gasteiger charge is -2.33. The number of halogens is 18. The predicted octanol–water partition coefficient (Wildman–Crippen LogP) is 6.17. The van der Waals surface area contributed by atoms with Gasteiger partial charge in [-0.05, 0) is 13.3 Å². The van der Waals surface area contributed by atoms with Crippen molar-refractivity contribution in [2.45, 2.75) is 80.2 Å². The van der Waals surface area contributed by atoms with Gasteiger partial charge in [0.1, 0.15) is 0 Å². The van der Waals surface area contributed by atoms with E-state index in [9.17, 15) is 95.9 Å². The van der Waals surface area contributed by atoms with Gasteiger partial charge in [-0.15, -0.1) is 0 Å². The number of rotatable bonds is 16. The molecule has 0 aromatic rings. The quantitative estimate of drug-likeness (QED) is 0.141. The Bertz CT molecular complexity index is 1130. The van der Waals surface area contributed by atoms with Crippen LogP contribution in [0.3, 0.4) is 0 Å². The summed E-state index contributed by atoms with van der Waals surface area (Å²) in [5.74, 6) is -46.2. The maximum absolute atomic E-state index is 13.4. The Morgan fingerprint density at radius 3 is 1.14 bits per heavy atom. The first-order valence-corrected chi connectivity index (χ1v) is 13.4. The molecule has 6 nitrogen and oxygen atoms in total. The lowest BCUT2D eigenvalue weighted by molar-refractivity contribution is -0.396. The first-order chi connectivity index (χ1) is 18.0. The molecule has 0 amide bonds. The van der Waals surface area contributed by atoms with Crippen molar-refractivity contribution in [2.75, 3.05) is 18.1 Å². The summed E-state index contributed by atoms with van der Waals surface area (Å²) in [6.07, 6.45) is -23.1. The first kappa shape index (κ1) is 40.6. The fourth-order valence-corrected chi connectivity index (χ4v) is 4.56. The molecular weight excluding hydrogens is 694 g/mol. The minimum atomic E-state index is -7.32. The first-order valence-electron chi connectivity index (χ1n) is 10.2. The molecular formula is C16H16F18O6S2. The summed E-state index contributed by atoms with van der Waals surface area (Å²) >= 11 is 0. The van der Waals surface area contributed by atoms with Gasteiger partial charge in [0.25, 0.3) is 20.2 Å². The van der Waals surface area contributed by atoms with Crippen LogP contribution >= 0.6 is 0 Å². The van der Waals surface area contributed by atoms with Crippen LogP contribution in [0.4, 0.5) is 79.0 Å². The molecule has 254 valence electrons. The molecule has 0 fully saturated rings. The molecule has 0 aliphatic carbocycles. The summed E-state index contributed by atoms with van der Waals surface area (Å²) in [5.41, 5.74) is 0. The van der Waals surface area contributed by atoms with Gasteiger partial charge in [-0.1, -0.05) is 0 Å². The van der Waals surface area contributed by atoms with Crippen LogP contribution < -0.4 is 0 Å². The van der Waals surface area contributed by atoms with E-state index in [0.29, 0.717) is 6.92 Å². The van der Waals surface area contributed by atoms with Crippen LogP contribution in [0.25, 0.3) is 0 Å². The number of alkyl halides is 18. The summed E-state index contributed by atoms with van der Waals surface area (Å²) in [5, 5.41) is 0. The van der Waals surface area contributed by atoms with Crippen LogP contribution in [0.1, 0.15) is 26.2 Å². The largest absolute Gasteiger partial charge is 0.460 e. The van der Waals surface area contributed by atoms with Crippen LogP contribution in [-0.2, 0) is 28.6 Å². The minimum absolute atomic E-state index is 0.631. The molecule has 0 saturated heterocycles. The third-order valence-electron chi connectivity index (χ3n) is 4.85. The van der Waals surface area contributed by atoms with Gasteiger partial charge in [0.15, 0.2) is 0 Å². The van der Waals surface area contributed by atoms with Crippen LogP contribution in [0.2, 0.25) is 0 Å². The second-order valence-corrected chi connectivity index (χ2v) is 11.7. The molecule has 0 aliphatic rings. The van der Waals surface area contributed by atoms with Crippen molar-refractivity contribution in [3.05, 3.63) is 0 Å². The van der Waals surface area contributed by atoms with Crippen LogP contribution in [-0.4, -0.2) is 88.9 Å². The molecule has 0 aromatic heterocycles. The zero-order chi connectivity index (χ0) is 34.2. The van der Waals surface area contributed by atoms with Crippen LogP contribution in [0.5, 0.6) is 0 Å². The molecule has 1 atom stereocenters. The molecule has 42 heavy (non-hydrogen) atoms. The Morgan fingerprint density at radius 1 is 0.524 bits per heavy atom. The topological polar surface area (TPSA) is 86.7 Å². The van der Waals surface area contributed by atoms with E-state index in [4.69, 9.17) is 0 Å². The van der Waals surface area contributed by atoms with E-state index in [1.54, 1.807) is 0 Å². The van der Waals surface area contributed by atoms with E-state index in [0.717, 1.165) is 0 Å². The molecule has 0 bridgehead atoms. The van der Waals surface area contributed by atoms with E-state index < -0.39 is 112 Å². The van der Waals surface area contributed by atoms with E-state index >= 15 is 0 Å². The minimum Gasteiger partial charge on any atom is -0.270 e. The molecule has 26 heteroatoms. The number of hydrogen-bond acceptors (Lipinski definition) is 6. The second-order valence-electron chi connectivity index (χ2n) is 8.24. The van der Waals surface area contributed by atoms with Crippen molar-refractivity contribution in [2.24, 2.45) is 0 Å². The smallest absolute Gasteiger partial charge is 0.270 e. The third kappa shape index (κ3) is 8.81. The molecule has 0 aliphatic heterocycles. The molecule has 0 spiro atoms. The Balaban J connectivity index is 5.16. The van der Waals surface area contributed by atoms with Crippen molar-refractivity contribution >= 4 is 20.2 Å². The normalized spacial score (nSPS) is 16.5. The van der Waals surface area contributed by atoms with Crippen LogP contribution in [0, 0.1) is 0 Å². The van der Waals surface area contributed by atoms with Gasteiger partial charge in [-0.25, -0.2) is 0 Å².